The molecular formula is C7H10O2S. The van der Waals surface area contributed by atoms with Crippen molar-refractivity contribution in [1.29, 1.82) is 0 Å². The smallest absolute Gasteiger partial charge is 0.139 e. The first-order valence-electron chi connectivity index (χ1n) is 3.61. The second-order valence-electron chi connectivity index (χ2n) is 2.97. The van der Waals surface area contributed by atoms with Crippen LogP contribution in [0, 0.1) is 5.92 Å². The zero-order valence-electron chi connectivity index (χ0n) is 5.62. The van der Waals surface area contributed by atoms with Gasteiger partial charge < -0.3 is 5.11 Å². The number of Topliss-reactive ketones (excluding diaryl/α,β-unsaturated/α-hetero) is 1. The van der Waals surface area contributed by atoms with Crippen LogP contribution in [0.2, 0.25) is 0 Å². The molecule has 2 nitrogen and oxygen atoms in total. The molecule has 2 aliphatic rings. The molecular weight excluding hydrogens is 148 g/mol. The lowest BCUT2D eigenvalue weighted by Crippen LogP contribution is -2.24. The molecule has 1 N–H and O–H groups in total. The quantitative estimate of drug-likeness (QED) is 0.556. The highest BCUT2D eigenvalue weighted by atomic mass is 32.2. The van der Waals surface area contributed by atoms with Crippen molar-refractivity contribution in [2.45, 2.75) is 24.2 Å². The Bertz CT molecular complexity index is 169. The van der Waals surface area contributed by atoms with Crippen molar-refractivity contribution in [3.8, 4) is 0 Å². The van der Waals surface area contributed by atoms with E-state index in [1.807, 2.05) is 0 Å². The molecule has 56 valence electrons. The molecule has 1 aliphatic carbocycles. The average Bonchev–Trinajstić information content (AvgIpc) is 2.40. The number of hydrogen-bond donors (Lipinski definition) is 1. The predicted octanol–water partition coefficient (Wildman–Crippen LogP) is 0.442. The summed E-state index contributed by atoms with van der Waals surface area (Å²) in [6.45, 7) is 0. The predicted molar refractivity (Wildman–Crippen MR) is 40.0 cm³/mol. The minimum Gasteiger partial charge on any atom is -0.391 e. The summed E-state index contributed by atoms with van der Waals surface area (Å²) < 4.78 is 0. The van der Waals surface area contributed by atoms with Crippen molar-refractivity contribution < 1.29 is 9.90 Å². The van der Waals surface area contributed by atoms with E-state index in [0.29, 0.717) is 11.7 Å². The zero-order valence-corrected chi connectivity index (χ0v) is 6.43. The van der Waals surface area contributed by atoms with Gasteiger partial charge in [0.15, 0.2) is 0 Å². The number of aliphatic hydroxyl groups excluding tert-OH is 1. The number of ketones is 1. The Kier molecular flexibility index (Phi) is 1.49. The first-order valence-corrected chi connectivity index (χ1v) is 4.66. The number of carbonyl (C=O) groups is 1. The maximum Gasteiger partial charge on any atom is 0.139 e. The number of rotatable bonds is 0. The van der Waals surface area contributed by atoms with Gasteiger partial charge in [0, 0.05) is 17.4 Å². The van der Waals surface area contributed by atoms with Gasteiger partial charge in [-0.15, -0.1) is 0 Å². The molecule has 1 unspecified atom stereocenters. The van der Waals surface area contributed by atoms with Crippen molar-refractivity contribution in [2.24, 2.45) is 5.92 Å². The molecule has 2 rings (SSSR count). The number of fused-ring (bicyclic) bond motifs is 1. The summed E-state index contributed by atoms with van der Waals surface area (Å²) in [5.74, 6) is 1.04. The molecule has 0 aromatic rings. The Morgan fingerprint density at radius 1 is 1.60 bits per heavy atom. The first-order chi connectivity index (χ1) is 4.79. The van der Waals surface area contributed by atoms with Crippen molar-refractivity contribution >= 4 is 17.5 Å². The van der Waals surface area contributed by atoms with Gasteiger partial charge in [0.2, 0.25) is 0 Å². The summed E-state index contributed by atoms with van der Waals surface area (Å²) in [5.41, 5.74) is 0. The van der Waals surface area contributed by atoms with E-state index < -0.39 is 0 Å². The fourth-order valence-corrected chi connectivity index (χ4v) is 3.29. The molecule has 1 saturated heterocycles. The van der Waals surface area contributed by atoms with Gasteiger partial charge in [-0.1, -0.05) is 0 Å². The first kappa shape index (κ1) is 6.68. The SMILES string of the molecule is O=C1CC[C@@H]2SCC(O)[C@H]12. The molecule has 1 heterocycles. The van der Waals surface area contributed by atoms with Crippen LogP contribution in [-0.2, 0) is 4.79 Å². The number of carbonyl (C=O) groups excluding carboxylic acids is 1. The highest BCUT2D eigenvalue weighted by molar-refractivity contribution is 8.00. The normalized spacial score (nSPS) is 46.1. The van der Waals surface area contributed by atoms with E-state index in [0.717, 1.165) is 12.2 Å². The molecule has 0 aromatic carbocycles. The van der Waals surface area contributed by atoms with Gasteiger partial charge in [-0.2, -0.15) is 11.8 Å². The van der Waals surface area contributed by atoms with Gasteiger partial charge >= 0.3 is 0 Å². The minimum atomic E-state index is -0.343. The van der Waals surface area contributed by atoms with E-state index >= 15 is 0 Å². The third kappa shape index (κ3) is 0.805. The summed E-state index contributed by atoms with van der Waals surface area (Å²) >= 11 is 1.75. The van der Waals surface area contributed by atoms with Crippen molar-refractivity contribution in [2.75, 3.05) is 5.75 Å². The maximum absolute atomic E-state index is 11.1. The summed E-state index contributed by atoms with van der Waals surface area (Å²) in [7, 11) is 0. The Hall–Kier alpha value is -0.0200. The van der Waals surface area contributed by atoms with E-state index in [4.69, 9.17) is 0 Å². The molecule has 10 heavy (non-hydrogen) atoms. The molecule has 0 amide bonds. The Balaban J connectivity index is 2.19. The standard InChI is InChI=1S/C7H10O2S/c8-4-1-2-6-7(4)5(9)3-10-6/h5-7,9H,1-3H2/t5?,6-,7-/m0/s1. The summed E-state index contributed by atoms with van der Waals surface area (Å²) in [5, 5.41) is 9.77. The van der Waals surface area contributed by atoms with E-state index in [-0.39, 0.29) is 17.8 Å². The molecule has 1 aliphatic heterocycles. The van der Waals surface area contributed by atoms with Crippen LogP contribution in [0.1, 0.15) is 12.8 Å². The van der Waals surface area contributed by atoms with Crippen molar-refractivity contribution in [3.05, 3.63) is 0 Å². The molecule has 0 bridgehead atoms. The van der Waals surface area contributed by atoms with E-state index in [9.17, 15) is 9.90 Å². The van der Waals surface area contributed by atoms with E-state index in [2.05, 4.69) is 0 Å². The van der Waals surface area contributed by atoms with Crippen LogP contribution in [0.3, 0.4) is 0 Å². The lowest BCUT2D eigenvalue weighted by molar-refractivity contribution is -0.122. The third-order valence-corrected chi connectivity index (χ3v) is 3.83. The summed E-state index contributed by atoms with van der Waals surface area (Å²) in [4.78, 5) is 11.1. The van der Waals surface area contributed by atoms with Crippen LogP contribution in [0.5, 0.6) is 0 Å². The highest BCUT2D eigenvalue weighted by Gasteiger charge is 2.44. The van der Waals surface area contributed by atoms with Gasteiger partial charge in [0.1, 0.15) is 5.78 Å². The van der Waals surface area contributed by atoms with Crippen LogP contribution >= 0.6 is 11.8 Å². The zero-order chi connectivity index (χ0) is 7.14. The largest absolute Gasteiger partial charge is 0.391 e. The van der Waals surface area contributed by atoms with Crippen LogP contribution in [0.25, 0.3) is 0 Å². The van der Waals surface area contributed by atoms with Crippen molar-refractivity contribution in [3.63, 3.8) is 0 Å². The Morgan fingerprint density at radius 3 is 3.10 bits per heavy atom. The molecule has 0 aromatic heterocycles. The second-order valence-corrected chi connectivity index (χ2v) is 4.24. The molecule has 0 radical (unpaired) electrons. The molecule has 1 saturated carbocycles. The fraction of sp³-hybridized carbons (Fsp3) is 0.857. The Labute approximate surface area is 64.0 Å². The number of aliphatic hydroxyl groups is 1. The van der Waals surface area contributed by atoms with E-state index in [1.165, 1.54) is 0 Å². The monoisotopic (exact) mass is 158 g/mol. The Morgan fingerprint density at radius 2 is 2.40 bits per heavy atom. The topological polar surface area (TPSA) is 37.3 Å². The molecule has 0 spiro atoms. The van der Waals surface area contributed by atoms with Gasteiger partial charge in [0.25, 0.3) is 0 Å². The van der Waals surface area contributed by atoms with Gasteiger partial charge in [-0.3, -0.25) is 4.79 Å². The third-order valence-electron chi connectivity index (χ3n) is 2.34. The van der Waals surface area contributed by atoms with Crippen LogP contribution < -0.4 is 0 Å². The molecule has 2 fully saturated rings. The van der Waals surface area contributed by atoms with Gasteiger partial charge in [0.05, 0.1) is 12.0 Å². The summed E-state index contributed by atoms with van der Waals surface area (Å²) in [6, 6.07) is 0. The van der Waals surface area contributed by atoms with Crippen LogP contribution in [0.4, 0.5) is 0 Å². The highest BCUT2D eigenvalue weighted by Crippen LogP contribution is 2.41. The fourth-order valence-electron chi connectivity index (χ4n) is 1.81. The molecule has 3 heteroatoms. The average molecular weight is 158 g/mol. The van der Waals surface area contributed by atoms with E-state index in [1.54, 1.807) is 11.8 Å². The van der Waals surface area contributed by atoms with Gasteiger partial charge in [-0.05, 0) is 6.42 Å². The second kappa shape index (κ2) is 2.24. The summed E-state index contributed by atoms with van der Waals surface area (Å²) in [6.07, 6.45) is 1.34. The lowest BCUT2D eigenvalue weighted by atomic mass is 10.0. The van der Waals surface area contributed by atoms with Gasteiger partial charge in [-0.25, -0.2) is 0 Å². The van der Waals surface area contributed by atoms with Crippen LogP contribution in [0.15, 0.2) is 0 Å². The minimum absolute atomic E-state index is 0.00926. The maximum atomic E-state index is 11.1. The van der Waals surface area contributed by atoms with Crippen molar-refractivity contribution in [1.82, 2.24) is 0 Å². The molecule has 3 atom stereocenters. The van der Waals surface area contributed by atoms with Crippen LogP contribution in [-0.4, -0.2) is 28.0 Å². The number of hydrogen-bond acceptors (Lipinski definition) is 3. The number of thioether (sulfide) groups is 1. The lowest BCUT2D eigenvalue weighted by Gasteiger charge is -2.08.